The third-order valence-electron chi connectivity index (χ3n) is 6.32. The molecule has 156 valence electrons. The number of carbonyl (C=O) groups is 3. The Balaban J connectivity index is 1.40. The summed E-state index contributed by atoms with van der Waals surface area (Å²) in [4.78, 5) is 39.1. The highest BCUT2D eigenvalue weighted by Gasteiger charge is 2.40. The van der Waals surface area contributed by atoms with Crippen LogP contribution < -0.4 is 15.4 Å². The molecule has 0 radical (unpaired) electrons. The van der Waals surface area contributed by atoms with Crippen molar-refractivity contribution in [2.24, 2.45) is 0 Å². The molecule has 1 aromatic carbocycles. The van der Waals surface area contributed by atoms with Gasteiger partial charge >= 0.3 is 0 Å². The van der Waals surface area contributed by atoms with Gasteiger partial charge in [0, 0.05) is 25.4 Å². The second kappa shape index (κ2) is 8.43. The molecule has 1 atom stereocenters. The van der Waals surface area contributed by atoms with Crippen LogP contribution in [0.4, 0.5) is 0 Å². The van der Waals surface area contributed by atoms with E-state index in [-0.39, 0.29) is 30.3 Å². The number of nitrogens with one attached hydrogen (secondary N) is 2. The Hall–Kier alpha value is -2.57. The van der Waals surface area contributed by atoms with Gasteiger partial charge in [-0.2, -0.15) is 0 Å². The molecule has 2 N–H and O–H groups in total. The summed E-state index contributed by atoms with van der Waals surface area (Å²) in [6, 6.07) is 7.43. The number of ether oxygens (including phenoxy) is 1. The second-order valence-electron chi connectivity index (χ2n) is 8.43. The van der Waals surface area contributed by atoms with E-state index >= 15 is 0 Å². The van der Waals surface area contributed by atoms with Gasteiger partial charge in [-0.3, -0.25) is 14.4 Å². The lowest BCUT2D eigenvalue weighted by Gasteiger charge is -2.32. The molecule has 2 heterocycles. The lowest BCUT2D eigenvalue weighted by molar-refractivity contribution is -0.135. The topological polar surface area (TPSA) is 87.7 Å². The number of benzene rings is 1. The maximum atomic E-state index is 12.7. The summed E-state index contributed by atoms with van der Waals surface area (Å²) in [6.07, 6.45) is 6.98. The van der Waals surface area contributed by atoms with Gasteiger partial charge in [0.05, 0.1) is 18.7 Å². The average Bonchev–Trinajstić information content (AvgIpc) is 2.97. The fourth-order valence-corrected chi connectivity index (χ4v) is 4.57. The number of hydrogen-bond donors (Lipinski definition) is 2. The van der Waals surface area contributed by atoms with Crippen LogP contribution in [0.2, 0.25) is 0 Å². The molecule has 2 aliphatic heterocycles. The van der Waals surface area contributed by atoms with Crippen molar-refractivity contribution < 1.29 is 19.1 Å². The first-order valence-electron chi connectivity index (χ1n) is 10.7. The fraction of sp³-hybridized carbons (Fsp3) is 0.591. The van der Waals surface area contributed by atoms with Gasteiger partial charge in [-0.15, -0.1) is 0 Å². The second-order valence-corrected chi connectivity index (χ2v) is 8.43. The Morgan fingerprint density at radius 1 is 1.17 bits per heavy atom. The Labute approximate surface area is 171 Å². The molecular formula is C22H29N3O4. The minimum atomic E-state index is -0.632. The molecule has 4 rings (SSSR count). The van der Waals surface area contributed by atoms with Gasteiger partial charge in [0.25, 0.3) is 5.91 Å². The molecule has 1 unspecified atom stereocenters. The number of fused-ring (bicyclic) bond motifs is 1. The highest BCUT2D eigenvalue weighted by molar-refractivity contribution is 5.97. The van der Waals surface area contributed by atoms with E-state index in [2.05, 4.69) is 10.6 Å². The molecule has 29 heavy (non-hydrogen) atoms. The van der Waals surface area contributed by atoms with Gasteiger partial charge in [-0.25, -0.2) is 0 Å². The molecule has 1 saturated heterocycles. The lowest BCUT2D eigenvalue weighted by atomic mass is 9.94. The van der Waals surface area contributed by atoms with Crippen molar-refractivity contribution in [3.63, 3.8) is 0 Å². The number of rotatable bonds is 3. The first kappa shape index (κ1) is 19.7. The SMILES string of the molecule is O=C(CN1CCC2(CCC1=O)CNC(=O)c1ccccc1O2)NC1CCCCC1. The Morgan fingerprint density at radius 3 is 2.79 bits per heavy atom. The number of para-hydroxylation sites is 1. The molecule has 1 saturated carbocycles. The third-order valence-corrected chi connectivity index (χ3v) is 6.32. The number of hydrogen-bond acceptors (Lipinski definition) is 4. The zero-order valence-corrected chi connectivity index (χ0v) is 16.7. The van der Waals surface area contributed by atoms with Crippen LogP contribution in [0, 0.1) is 0 Å². The normalized spacial score (nSPS) is 25.4. The number of likely N-dealkylation sites (tertiary alicyclic amines) is 1. The van der Waals surface area contributed by atoms with Crippen molar-refractivity contribution in [2.75, 3.05) is 19.6 Å². The van der Waals surface area contributed by atoms with Crippen LogP contribution in [0.3, 0.4) is 0 Å². The molecule has 2 fully saturated rings. The van der Waals surface area contributed by atoms with Gasteiger partial charge in [-0.05, 0) is 31.4 Å². The minimum absolute atomic E-state index is 0.0341. The van der Waals surface area contributed by atoms with Crippen molar-refractivity contribution in [3.8, 4) is 5.75 Å². The van der Waals surface area contributed by atoms with Crippen LogP contribution in [-0.2, 0) is 9.59 Å². The summed E-state index contributed by atoms with van der Waals surface area (Å²) in [5.41, 5.74) is -0.115. The highest BCUT2D eigenvalue weighted by atomic mass is 16.5. The fourth-order valence-electron chi connectivity index (χ4n) is 4.57. The van der Waals surface area contributed by atoms with Gasteiger partial charge in [-0.1, -0.05) is 31.4 Å². The van der Waals surface area contributed by atoms with E-state index in [9.17, 15) is 14.4 Å². The van der Waals surface area contributed by atoms with Crippen molar-refractivity contribution in [3.05, 3.63) is 29.8 Å². The largest absolute Gasteiger partial charge is 0.485 e. The number of carbonyl (C=O) groups excluding carboxylic acids is 3. The van der Waals surface area contributed by atoms with E-state index in [0.29, 0.717) is 43.7 Å². The monoisotopic (exact) mass is 399 g/mol. The highest BCUT2D eigenvalue weighted by Crippen LogP contribution is 2.33. The van der Waals surface area contributed by atoms with E-state index in [1.54, 1.807) is 17.0 Å². The van der Waals surface area contributed by atoms with E-state index in [1.165, 1.54) is 6.42 Å². The van der Waals surface area contributed by atoms with Gasteiger partial charge < -0.3 is 20.3 Å². The van der Waals surface area contributed by atoms with Crippen LogP contribution in [-0.4, -0.2) is 53.9 Å². The molecule has 1 aliphatic carbocycles. The Kier molecular flexibility index (Phi) is 5.74. The molecule has 3 amide bonds. The lowest BCUT2D eigenvalue weighted by Crippen LogP contribution is -2.47. The van der Waals surface area contributed by atoms with Crippen molar-refractivity contribution >= 4 is 17.7 Å². The molecule has 7 nitrogen and oxygen atoms in total. The number of amides is 3. The van der Waals surface area contributed by atoms with Crippen LogP contribution in [0.1, 0.15) is 61.7 Å². The van der Waals surface area contributed by atoms with Crippen molar-refractivity contribution in [1.82, 2.24) is 15.5 Å². The standard InChI is InChI=1S/C22H29N3O4/c26-19(24-16-6-2-1-3-7-16)14-25-13-12-22(11-10-20(25)27)15-23-21(28)17-8-4-5-9-18(17)29-22/h4-5,8-9,16H,1-3,6-7,10-15H2,(H,23,28)(H,24,26). The molecule has 3 aliphatic rings. The number of nitrogens with zero attached hydrogens (tertiary/aromatic N) is 1. The molecule has 1 aromatic rings. The van der Waals surface area contributed by atoms with Gasteiger partial charge in [0.2, 0.25) is 11.8 Å². The molecule has 7 heteroatoms. The molecule has 1 spiro atoms. The molecule has 0 aromatic heterocycles. The first-order valence-corrected chi connectivity index (χ1v) is 10.7. The van der Waals surface area contributed by atoms with Crippen LogP contribution in [0.5, 0.6) is 5.75 Å². The smallest absolute Gasteiger partial charge is 0.255 e. The van der Waals surface area contributed by atoms with Crippen molar-refractivity contribution in [1.29, 1.82) is 0 Å². The summed E-state index contributed by atoms with van der Waals surface area (Å²) < 4.78 is 6.30. The average molecular weight is 399 g/mol. The van der Waals surface area contributed by atoms with Crippen molar-refractivity contribution in [2.45, 2.75) is 63.0 Å². The minimum Gasteiger partial charge on any atom is -0.485 e. The summed E-state index contributed by atoms with van der Waals surface area (Å²) >= 11 is 0. The molecular weight excluding hydrogens is 370 g/mol. The predicted molar refractivity (Wildman–Crippen MR) is 108 cm³/mol. The summed E-state index contributed by atoms with van der Waals surface area (Å²) in [5.74, 6) is 0.282. The summed E-state index contributed by atoms with van der Waals surface area (Å²) in [7, 11) is 0. The summed E-state index contributed by atoms with van der Waals surface area (Å²) in [5, 5.41) is 6.03. The maximum Gasteiger partial charge on any atom is 0.255 e. The Bertz CT molecular complexity index is 790. The maximum absolute atomic E-state index is 12.7. The van der Waals surface area contributed by atoms with Crippen LogP contribution in [0.15, 0.2) is 24.3 Å². The van der Waals surface area contributed by atoms with E-state index in [1.807, 2.05) is 12.1 Å². The first-order chi connectivity index (χ1) is 14.0. The Morgan fingerprint density at radius 2 is 1.97 bits per heavy atom. The summed E-state index contributed by atoms with van der Waals surface area (Å²) in [6.45, 7) is 0.888. The predicted octanol–water partition coefficient (Wildman–Crippen LogP) is 2.01. The zero-order valence-electron chi connectivity index (χ0n) is 16.7. The van der Waals surface area contributed by atoms with Crippen LogP contribution in [0.25, 0.3) is 0 Å². The van der Waals surface area contributed by atoms with E-state index < -0.39 is 5.60 Å². The third kappa shape index (κ3) is 4.54. The quantitative estimate of drug-likeness (QED) is 0.814. The zero-order chi connectivity index (χ0) is 20.3. The van der Waals surface area contributed by atoms with Gasteiger partial charge in [0.15, 0.2) is 0 Å². The molecule has 0 bridgehead atoms. The van der Waals surface area contributed by atoms with Crippen LogP contribution >= 0.6 is 0 Å². The van der Waals surface area contributed by atoms with Gasteiger partial charge in [0.1, 0.15) is 11.4 Å². The van der Waals surface area contributed by atoms with E-state index in [0.717, 1.165) is 25.7 Å². The van der Waals surface area contributed by atoms with E-state index in [4.69, 9.17) is 4.74 Å².